The largest absolute Gasteiger partial charge is 0.375 e. The molecule has 1 amide bonds. The SMILES string of the molecule is CC1CN(C(=O)CCSc2ccc(F)cc2)C(C)CO1. The van der Waals surface area contributed by atoms with Crippen molar-refractivity contribution in [3.8, 4) is 0 Å². The fourth-order valence-corrected chi connectivity index (χ4v) is 3.02. The van der Waals surface area contributed by atoms with Crippen LogP contribution in [0.4, 0.5) is 4.39 Å². The van der Waals surface area contributed by atoms with E-state index < -0.39 is 0 Å². The molecule has 1 aromatic carbocycles. The maximum atomic E-state index is 12.8. The number of rotatable bonds is 4. The summed E-state index contributed by atoms with van der Waals surface area (Å²) in [5.74, 6) is 0.645. The topological polar surface area (TPSA) is 29.5 Å². The minimum Gasteiger partial charge on any atom is -0.375 e. The molecule has 1 aromatic rings. The average molecular weight is 297 g/mol. The molecule has 1 fully saturated rings. The molecule has 0 bridgehead atoms. The van der Waals surface area contributed by atoms with Crippen LogP contribution in [0.5, 0.6) is 0 Å². The fraction of sp³-hybridized carbons (Fsp3) is 0.533. The molecule has 5 heteroatoms. The maximum absolute atomic E-state index is 12.8. The van der Waals surface area contributed by atoms with Crippen LogP contribution in [0.2, 0.25) is 0 Å². The van der Waals surface area contributed by atoms with Gasteiger partial charge in [0.25, 0.3) is 0 Å². The molecule has 0 spiro atoms. The highest BCUT2D eigenvalue weighted by atomic mass is 32.2. The van der Waals surface area contributed by atoms with Crippen LogP contribution in [0.25, 0.3) is 0 Å². The Labute approximate surface area is 123 Å². The predicted molar refractivity (Wildman–Crippen MR) is 78.3 cm³/mol. The van der Waals surface area contributed by atoms with Crippen molar-refractivity contribution in [2.24, 2.45) is 0 Å². The number of nitrogens with zero attached hydrogens (tertiary/aromatic N) is 1. The Bertz CT molecular complexity index is 452. The summed E-state index contributed by atoms with van der Waals surface area (Å²) in [6.45, 7) is 5.27. The number of ether oxygens (including phenoxy) is 1. The van der Waals surface area contributed by atoms with E-state index in [-0.39, 0.29) is 23.9 Å². The molecule has 1 heterocycles. The fourth-order valence-electron chi connectivity index (χ4n) is 2.18. The monoisotopic (exact) mass is 297 g/mol. The molecule has 0 saturated carbocycles. The Balaban J connectivity index is 1.78. The molecular weight excluding hydrogens is 277 g/mol. The number of thioether (sulfide) groups is 1. The molecule has 0 aromatic heterocycles. The molecule has 0 aliphatic carbocycles. The van der Waals surface area contributed by atoms with Gasteiger partial charge in [-0.25, -0.2) is 4.39 Å². The van der Waals surface area contributed by atoms with Crippen LogP contribution in [0.15, 0.2) is 29.2 Å². The Kier molecular flexibility index (Phi) is 5.43. The number of hydrogen-bond acceptors (Lipinski definition) is 3. The van der Waals surface area contributed by atoms with Crippen molar-refractivity contribution in [2.75, 3.05) is 18.9 Å². The van der Waals surface area contributed by atoms with E-state index >= 15 is 0 Å². The second-order valence-electron chi connectivity index (χ2n) is 5.09. The predicted octanol–water partition coefficient (Wildman–Crippen LogP) is 2.94. The number of hydrogen-bond donors (Lipinski definition) is 0. The van der Waals surface area contributed by atoms with E-state index in [1.54, 1.807) is 23.9 Å². The van der Waals surface area contributed by atoms with Crippen LogP contribution < -0.4 is 0 Å². The second kappa shape index (κ2) is 7.09. The van der Waals surface area contributed by atoms with Crippen molar-refractivity contribution in [1.82, 2.24) is 4.90 Å². The molecule has 2 rings (SSSR count). The average Bonchev–Trinajstić information content (AvgIpc) is 2.43. The third-order valence-corrected chi connectivity index (χ3v) is 4.34. The van der Waals surface area contributed by atoms with Crippen molar-refractivity contribution in [3.63, 3.8) is 0 Å². The number of halogens is 1. The first-order valence-electron chi connectivity index (χ1n) is 6.85. The van der Waals surface area contributed by atoms with Gasteiger partial charge >= 0.3 is 0 Å². The highest BCUT2D eigenvalue weighted by Crippen LogP contribution is 2.20. The highest BCUT2D eigenvalue weighted by molar-refractivity contribution is 7.99. The van der Waals surface area contributed by atoms with Crippen LogP contribution in [0.3, 0.4) is 0 Å². The minimum atomic E-state index is -0.235. The van der Waals surface area contributed by atoms with E-state index in [0.717, 1.165) is 4.90 Å². The van der Waals surface area contributed by atoms with Gasteiger partial charge in [-0.3, -0.25) is 4.79 Å². The second-order valence-corrected chi connectivity index (χ2v) is 6.26. The van der Waals surface area contributed by atoms with Crippen molar-refractivity contribution in [2.45, 2.75) is 37.3 Å². The quantitative estimate of drug-likeness (QED) is 0.800. The van der Waals surface area contributed by atoms with Crippen molar-refractivity contribution >= 4 is 17.7 Å². The normalized spacial score (nSPS) is 22.9. The Morgan fingerprint density at radius 1 is 1.40 bits per heavy atom. The van der Waals surface area contributed by atoms with Crippen molar-refractivity contribution < 1.29 is 13.9 Å². The molecule has 0 N–H and O–H groups in total. The molecule has 1 saturated heterocycles. The summed E-state index contributed by atoms with van der Waals surface area (Å²) in [5, 5.41) is 0. The molecule has 110 valence electrons. The van der Waals surface area contributed by atoms with Crippen LogP contribution in [-0.4, -0.2) is 41.9 Å². The number of amides is 1. The third-order valence-electron chi connectivity index (χ3n) is 3.33. The van der Waals surface area contributed by atoms with Crippen molar-refractivity contribution in [1.29, 1.82) is 0 Å². The standard InChI is InChI=1S/C15H20FNO2S/c1-11-10-19-12(2)9-17(11)15(18)7-8-20-14-5-3-13(16)4-6-14/h3-6,11-12H,7-10H2,1-2H3. The van der Waals surface area contributed by atoms with E-state index in [1.807, 2.05) is 18.7 Å². The number of carbonyl (C=O) groups excluding carboxylic acids is 1. The van der Waals surface area contributed by atoms with Gasteiger partial charge in [-0.1, -0.05) is 0 Å². The molecular formula is C15H20FNO2S. The zero-order valence-corrected chi connectivity index (χ0v) is 12.7. The summed E-state index contributed by atoms with van der Waals surface area (Å²) in [6.07, 6.45) is 0.610. The van der Waals surface area contributed by atoms with E-state index in [9.17, 15) is 9.18 Å². The van der Waals surface area contributed by atoms with Gasteiger partial charge in [0, 0.05) is 23.6 Å². The zero-order chi connectivity index (χ0) is 14.5. The number of carbonyl (C=O) groups is 1. The van der Waals surface area contributed by atoms with E-state index in [2.05, 4.69) is 0 Å². The summed E-state index contributed by atoms with van der Waals surface area (Å²) in [6, 6.07) is 6.51. The Morgan fingerprint density at radius 3 is 2.80 bits per heavy atom. The van der Waals surface area contributed by atoms with Crippen LogP contribution in [0.1, 0.15) is 20.3 Å². The first-order valence-corrected chi connectivity index (χ1v) is 7.84. The lowest BCUT2D eigenvalue weighted by Gasteiger charge is -2.36. The van der Waals surface area contributed by atoms with Gasteiger partial charge in [-0.05, 0) is 38.1 Å². The third kappa shape index (κ3) is 4.21. The Hall–Kier alpha value is -1.07. The van der Waals surface area contributed by atoms with E-state index in [4.69, 9.17) is 4.74 Å². The molecule has 20 heavy (non-hydrogen) atoms. The van der Waals surface area contributed by atoms with Crippen LogP contribution in [0, 0.1) is 5.82 Å². The van der Waals surface area contributed by atoms with Gasteiger partial charge in [0.05, 0.1) is 18.8 Å². The van der Waals surface area contributed by atoms with E-state index in [0.29, 0.717) is 25.3 Å². The highest BCUT2D eigenvalue weighted by Gasteiger charge is 2.26. The summed E-state index contributed by atoms with van der Waals surface area (Å²) in [7, 11) is 0. The lowest BCUT2D eigenvalue weighted by molar-refractivity contribution is -0.142. The lowest BCUT2D eigenvalue weighted by atomic mass is 10.2. The van der Waals surface area contributed by atoms with Gasteiger partial charge in [0.2, 0.25) is 5.91 Å². The number of benzene rings is 1. The van der Waals surface area contributed by atoms with Gasteiger partial charge in [0.15, 0.2) is 0 Å². The molecule has 1 aliphatic rings. The summed E-state index contributed by atoms with van der Waals surface area (Å²) in [4.78, 5) is 15.1. The van der Waals surface area contributed by atoms with Crippen molar-refractivity contribution in [3.05, 3.63) is 30.1 Å². The summed E-state index contributed by atoms with van der Waals surface area (Å²) >= 11 is 1.58. The first-order chi connectivity index (χ1) is 9.56. The maximum Gasteiger partial charge on any atom is 0.223 e. The van der Waals surface area contributed by atoms with Crippen LogP contribution in [-0.2, 0) is 9.53 Å². The molecule has 2 atom stereocenters. The smallest absolute Gasteiger partial charge is 0.223 e. The molecule has 0 radical (unpaired) electrons. The summed E-state index contributed by atoms with van der Waals surface area (Å²) in [5.41, 5.74) is 0. The van der Waals surface area contributed by atoms with Gasteiger partial charge in [-0.2, -0.15) is 0 Å². The lowest BCUT2D eigenvalue weighted by Crippen LogP contribution is -2.50. The number of morpholine rings is 1. The van der Waals surface area contributed by atoms with Gasteiger partial charge < -0.3 is 9.64 Å². The molecule has 2 unspecified atom stereocenters. The molecule has 1 aliphatic heterocycles. The van der Waals surface area contributed by atoms with E-state index in [1.165, 1.54) is 12.1 Å². The zero-order valence-electron chi connectivity index (χ0n) is 11.8. The Morgan fingerprint density at radius 2 is 2.10 bits per heavy atom. The summed E-state index contributed by atoms with van der Waals surface area (Å²) < 4.78 is 18.3. The first kappa shape index (κ1) is 15.3. The van der Waals surface area contributed by atoms with Gasteiger partial charge in [0.1, 0.15) is 5.82 Å². The molecule has 3 nitrogen and oxygen atoms in total. The van der Waals surface area contributed by atoms with Crippen LogP contribution >= 0.6 is 11.8 Å². The minimum absolute atomic E-state index is 0.111. The van der Waals surface area contributed by atoms with Gasteiger partial charge in [-0.15, -0.1) is 11.8 Å².